The number of hydrogen-bond donors (Lipinski definition) is 0. The third-order valence-electron chi connectivity index (χ3n) is 3.47. The number of imidazole rings is 1. The number of benzene rings is 2. The highest BCUT2D eigenvalue weighted by Crippen LogP contribution is 2.26. The first-order valence-electron chi connectivity index (χ1n) is 6.51. The summed E-state index contributed by atoms with van der Waals surface area (Å²) < 4.78 is 29.7. The van der Waals surface area contributed by atoms with E-state index in [4.69, 9.17) is 11.6 Å². The average Bonchev–Trinajstić information content (AvgIpc) is 2.80. The van der Waals surface area contributed by atoms with Crippen molar-refractivity contribution in [3.8, 4) is 5.69 Å². The third kappa shape index (κ3) is 2.29. The molecular weight excluding hydrogens is 294 g/mol. The van der Waals surface area contributed by atoms with Gasteiger partial charge in [-0.1, -0.05) is 6.07 Å². The van der Waals surface area contributed by atoms with Crippen molar-refractivity contribution in [2.75, 3.05) is 0 Å². The fourth-order valence-electron chi connectivity index (χ4n) is 2.40. The van der Waals surface area contributed by atoms with E-state index in [0.29, 0.717) is 16.9 Å². The van der Waals surface area contributed by atoms with Crippen molar-refractivity contribution in [3.63, 3.8) is 0 Å². The van der Waals surface area contributed by atoms with Crippen LogP contribution in [0.4, 0.5) is 8.78 Å². The maximum Gasteiger partial charge on any atom is 0.147 e. The molecule has 0 amide bonds. The van der Waals surface area contributed by atoms with Crippen LogP contribution in [0, 0.1) is 25.5 Å². The second-order valence-corrected chi connectivity index (χ2v) is 5.31. The van der Waals surface area contributed by atoms with Crippen LogP contribution < -0.4 is 0 Å². The molecular formula is C16H13ClF2N2. The van der Waals surface area contributed by atoms with Crippen molar-refractivity contribution in [1.82, 2.24) is 9.55 Å². The van der Waals surface area contributed by atoms with E-state index in [1.807, 2.05) is 25.1 Å². The Morgan fingerprint density at radius 3 is 2.57 bits per heavy atom. The van der Waals surface area contributed by atoms with Crippen LogP contribution >= 0.6 is 11.6 Å². The predicted molar refractivity (Wildman–Crippen MR) is 80.0 cm³/mol. The van der Waals surface area contributed by atoms with E-state index in [0.717, 1.165) is 5.56 Å². The number of aryl methyl sites for hydroxylation is 2. The first-order chi connectivity index (χ1) is 10.0. The van der Waals surface area contributed by atoms with Gasteiger partial charge in [-0.3, -0.25) is 4.57 Å². The second kappa shape index (κ2) is 5.11. The summed E-state index contributed by atoms with van der Waals surface area (Å²) in [6, 6.07) is 8.02. The summed E-state index contributed by atoms with van der Waals surface area (Å²) in [6.45, 7) is 3.46. The minimum absolute atomic E-state index is 0.114. The Kier molecular flexibility index (Phi) is 3.41. The minimum Gasteiger partial charge on any atom is -0.292 e. The van der Waals surface area contributed by atoms with E-state index in [1.165, 1.54) is 19.1 Å². The molecule has 0 unspecified atom stereocenters. The molecule has 21 heavy (non-hydrogen) atoms. The predicted octanol–water partition coefficient (Wildman–Crippen LogP) is 4.66. The van der Waals surface area contributed by atoms with E-state index in [9.17, 15) is 8.78 Å². The van der Waals surface area contributed by atoms with Crippen LogP contribution in [-0.4, -0.2) is 9.55 Å². The molecule has 0 spiro atoms. The molecule has 0 atom stereocenters. The standard InChI is InChI=1S/C16H13ClF2N2/c1-9-3-4-13-15(5-9)21(16(8-17)20-13)14-7-11(18)10(2)6-12(14)19/h3-7H,8H2,1-2H3. The van der Waals surface area contributed by atoms with Gasteiger partial charge in [-0.15, -0.1) is 11.6 Å². The van der Waals surface area contributed by atoms with Crippen molar-refractivity contribution < 1.29 is 8.78 Å². The molecule has 0 bridgehead atoms. The molecule has 0 radical (unpaired) electrons. The largest absolute Gasteiger partial charge is 0.292 e. The Morgan fingerprint density at radius 2 is 1.86 bits per heavy atom. The summed E-state index contributed by atoms with van der Waals surface area (Å²) in [5, 5.41) is 0. The SMILES string of the molecule is Cc1ccc2nc(CCl)n(-c3cc(F)c(C)cc3F)c2c1. The quantitative estimate of drug-likeness (QED) is 0.630. The Labute approximate surface area is 126 Å². The van der Waals surface area contributed by atoms with E-state index < -0.39 is 11.6 Å². The van der Waals surface area contributed by atoms with Crippen molar-refractivity contribution in [2.45, 2.75) is 19.7 Å². The van der Waals surface area contributed by atoms with Crippen LogP contribution in [-0.2, 0) is 5.88 Å². The summed E-state index contributed by atoms with van der Waals surface area (Å²) in [6.07, 6.45) is 0. The van der Waals surface area contributed by atoms with Crippen molar-refractivity contribution in [3.05, 3.63) is 58.9 Å². The van der Waals surface area contributed by atoms with Gasteiger partial charge in [0, 0.05) is 6.07 Å². The Bertz CT molecular complexity index is 840. The van der Waals surface area contributed by atoms with Gasteiger partial charge in [0.25, 0.3) is 0 Å². The molecule has 0 N–H and O–H groups in total. The number of alkyl halides is 1. The number of hydrogen-bond acceptors (Lipinski definition) is 1. The van der Waals surface area contributed by atoms with Crippen molar-refractivity contribution in [1.29, 1.82) is 0 Å². The zero-order valence-electron chi connectivity index (χ0n) is 11.6. The number of rotatable bonds is 2. The van der Waals surface area contributed by atoms with Crippen LogP contribution in [0.1, 0.15) is 17.0 Å². The second-order valence-electron chi connectivity index (χ2n) is 5.04. The molecule has 1 heterocycles. The fraction of sp³-hybridized carbons (Fsp3) is 0.188. The highest BCUT2D eigenvalue weighted by Gasteiger charge is 2.16. The summed E-state index contributed by atoms with van der Waals surface area (Å²) in [5.74, 6) is -0.357. The molecule has 3 rings (SSSR count). The Morgan fingerprint density at radius 1 is 1.10 bits per heavy atom. The van der Waals surface area contributed by atoms with Gasteiger partial charge < -0.3 is 0 Å². The van der Waals surface area contributed by atoms with E-state index in [1.54, 1.807) is 4.57 Å². The van der Waals surface area contributed by atoms with Gasteiger partial charge in [0.15, 0.2) is 0 Å². The zero-order valence-corrected chi connectivity index (χ0v) is 12.4. The van der Waals surface area contributed by atoms with Crippen LogP contribution in [0.2, 0.25) is 0 Å². The zero-order chi connectivity index (χ0) is 15.1. The third-order valence-corrected chi connectivity index (χ3v) is 3.71. The summed E-state index contributed by atoms with van der Waals surface area (Å²) in [4.78, 5) is 4.38. The van der Waals surface area contributed by atoms with Crippen molar-refractivity contribution >= 4 is 22.6 Å². The molecule has 2 aromatic carbocycles. The summed E-state index contributed by atoms with van der Waals surface area (Å²) >= 11 is 5.92. The molecule has 108 valence electrons. The van der Waals surface area contributed by atoms with E-state index in [-0.39, 0.29) is 17.1 Å². The molecule has 0 aliphatic heterocycles. The van der Waals surface area contributed by atoms with E-state index >= 15 is 0 Å². The molecule has 0 saturated heterocycles. The maximum atomic E-state index is 14.3. The lowest BCUT2D eigenvalue weighted by atomic mass is 10.2. The van der Waals surface area contributed by atoms with Crippen molar-refractivity contribution in [2.24, 2.45) is 0 Å². The smallest absolute Gasteiger partial charge is 0.147 e. The first kappa shape index (κ1) is 14.0. The van der Waals surface area contributed by atoms with Crippen LogP contribution in [0.3, 0.4) is 0 Å². The van der Waals surface area contributed by atoms with Gasteiger partial charge in [-0.05, 0) is 43.2 Å². The Balaban J connectivity index is 2.38. The lowest BCUT2D eigenvalue weighted by Crippen LogP contribution is -2.04. The molecule has 0 saturated carbocycles. The first-order valence-corrected chi connectivity index (χ1v) is 7.04. The number of nitrogens with zero attached hydrogens (tertiary/aromatic N) is 2. The fourth-order valence-corrected chi connectivity index (χ4v) is 2.58. The highest BCUT2D eigenvalue weighted by atomic mass is 35.5. The summed E-state index contributed by atoms with van der Waals surface area (Å²) in [5.41, 5.74) is 2.83. The molecule has 0 aliphatic rings. The maximum absolute atomic E-state index is 14.3. The average molecular weight is 307 g/mol. The topological polar surface area (TPSA) is 17.8 Å². The normalized spacial score (nSPS) is 11.3. The molecule has 1 aromatic heterocycles. The van der Waals surface area contributed by atoms with Gasteiger partial charge in [-0.2, -0.15) is 0 Å². The highest BCUT2D eigenvalue weighted by molar-refractivity contribution is 6.17. The lowest BCUT2D eigenvalue weighted by molar-refractivity contribution is 0.585. The number of halogens is 3. The van der Waals surface area contributed by atoms with Crippen LogP contribution in [0.15, 0.2) is 30.3 Å². The van der Waals surface area contributed by atoms with Gasteiger partial charge in [-0.25, -0.2) is 13.8 Å². The Hall–Kier alpha value is -1.94. The van der Waals surface area contributed by atoms with Gasteiger partial charge in [0.1, 0.15) is 17.5 Å². The molecule has 0 fully saturated rings. The molecule has 5 heteroatoms. The molecule has 3 aromatic rings. The molecule has 0 aliphatic carbocycles. The number of aromatic nitrogens is 2. The van der Waals surface area contributed by atoms with Gasteiger partial charge >= 0.3 is 0 Å². The monoisotopic (exact) mass is 306 g/mol. The summed E-state index contributed by atoms with van der Waals surface area (Å²) in [7, 11) is 0. The minimum atomic E-state index is -0.499. The van der Waals surface area contributed by atoms with Gasteiger partial charge in [0.2, 0.25) is 0 Å². The van der Waals surface area contributed by atoms with Crippen LogP contribution in [0.5, 0.6) is 0 Å². The molecule has 2 nitrogen and oxygen atoms in total. The van der Waals surface area contributed by atoms with Gasteiger partial charge in [0.05, 0.1) is 22.6 Å². The van der Waals surface area contributed by atoms with Crippen LogP contribution in [0.25, 0.3) is 16.7 Å². The lowest BCUT2D eigenvalue weighted by Gasteiger charge is -2.10. The number of fused-ring (bicyclic) bond motifs is 1. The van der Waals surface area contributed by atoms with E-state index in [2.05, 4.69) is 4.98 Å².